The van der Waals surface area contributed by atoms with Crippen molar-refractivity contribution >= 4 is 28.3 Å². The van der Waals surface area contributed by atoms with Crippen LogP contribution in [-0.2, 0) is 4.74 Å². The molecule has 6 nitrogen and oxygen atoms in total. The molecule has 1 fully saturated rings. The van der Waals surface area contributed by atoms with Gasteiger partial charge in [0.25, 0.3) is 5.69 Å². The van der Waals surface area contributed by atoms with Gasteiger partial charge in [0.1, 0.15) is 0 Å². The molecule has 2 atom stereocenters. The van der Waals surface area contributed by atoms with E-state index in [1.54, 1.807) is 30.0 Å². The van der Waals surface area contributed by atoms with Gasteiger partial charge in [0.15, 0.2) is 5.17 Å². The van der Waals surface area contributed by atoms with E-state index in [0.29, 0.717) is 5.92 Å². The van der Waals surface area contributed by atoms with Crippen LogP contribution < -0.4 is 0 Å². The molecule has 0 amide bonds. The Balaban J connectivity index is 2.39. The van der Waals surface area contributed by atoms with Gasteiger partial charge in [-0.3, -0.25) is 10.1 Å². The van der Waals surface area contributed by atoms with Crippen molar-refractivity contribution in [2.24, 2.45) is 10.9 Å². The summed E-state index contributed by atoms with van der Waals surface area (Å²) < 4.78 is 6.25. The van der Waals surface area contributed by atoms with E-state index in [2.05, 4.69) is 46.4 Å². The minimum Gasteiger partial charge on any atom is -0.371 e. The zero-order valence-corrected chi connectivity index (χ0v) is 19.7. The van der Waals surface area contributed by atoms with Gasteiger partial charge in [-0.15, -0.1) is 0 Å². The highest BCUT2D eigenvalue weighted by Gasteiger charge is 2.36. The number of benzene rings is 1. The van der Waals surface area contributed by atoms with Crippen LogP contribution in [0.1, 0.15) is 66.9 Å². The maximum atomic E-state index is 11.2. The Morgan fingerprint density at radius 1 is 1.28 bits per heavy atom. The number of nitro groups is 1. The van der Waals surface area contributed by atoms with Gasteiger partial charge in [0, 0.05) is 24.4 Å². The van der Waals surface area contributed by atoms with Crippen LogP contribution in [0.25, 0.3) is 0 Å². The number of hydrogen-bond acceptors (Lipinski definition) is 5. The summed E-state index contributed by atoms with van der Waals surface area (Å²) in [6, 6.07) is 5.22. The summed E-state index contributed by atoms with van der Waals surface area (Å²) in [5.41, 5.74) is 1.63. The summed E-state index contributed by atoms with van der Waals surface area (Å²) in [4.78, 5) is 18.2. The Morgan fingerprint density at radius 2 is 1.93 bits per heavy atom. The molecule has 1 aromatic rings. The molecule has 0 unspecified atom stereocenters. The number of nitro benzene ring substituents is 1. The molecule has 0 N–H and O–H groups in total. The first-order chi connectivity index (χ1) is 13.4. The Hall–Kier alpha value is -1.60. The molecule has 0 aliphatic carbocycles. The zero-order chi connectivity index (χ0) is 21.9. The van der Waals surface area contributed by atoms with Crippen molar-refractivity contribution in [3.05, 3.63) is 33.9 Å². The molecule has 1 aliphatic heterocycles. The highest BCUT2D eigenvalue weighted by molar-refractivity contribution is 8.14. The molecule has 7 heteroatoms. The van der Waals surface area contributed by atoms with Crippen molar-refractivity contribution in [2.45, 2.75) is 79.1 Å². The molecular weight excluding hydrogens is 386 g/mol. The maximum Gasteiger partial charge on any atom is 0.269 e. The zero-order valence-electron chi connectivity index (χ0n) is 18.9. The van der Waals surface area contributed by atoms with E-state index in [1.807, 2.05) is 13.8 Å². The largest absolute Gasteiger partial charge is 0.371 e. The molecule has 2 rings (SSSR count). The van der Waals surface area contributed by atoms with Crippen LogP contribution in [0, 0.1) is 16.0 Å². The highest BCUT2D eigenvalue weighted by Crippen LogP contribution is 2.35. The third-order valence-electron chi connectivity index (χ3n) is 4.73. The van der Waals surface area contributed by atoms with Crippen LogP contribution in [0.4, 0.5) is 11.4 Å². The van der Waals surface area contributed by atoms with Crippen molar-refractivity contribution in [2.75, 3.05) is 12.3 Å². The predicted octanol–water partition coefficient (Wildman–Crippen LogP) is 5.98. The normalized spacial score (nSPS) is 20.1. The third kappa shape index (κ3) is 6.44. The second-order valence-electron chi connectivity index (χ2n) is 9.41. The number of hydrogen-bond donors (Lipinski definition) is 0. The van der Waals surface area contributed by atoms with Crippen molar-refractivity contribution in [1.29, 1.82) is 0 Å². The van der Waals surface area contributed by atoms with E-state index >= 15 is 0 Å². The lowest BCUT2D eigenvalue weighted by Crippen LogP contribution is -2.46. The number of thioether (sulfide) groups is 1. The minimum absolute atomic E-state index is 0.0791. The van der Waals surface area contributed by atoms with Gasteiger partial charge in [0.2, 0.25) is 0 Å². The summed E-state index contributed by atoms with van der Waals surface area (Å²) in [5.74, 6) is 1.56. The molecule has 1 saturated heterocycles. The lowest BCUT2D eigenvalue weighted by Gasteiger charge is -2.35. The summed E-state index contributed by atoms with van der Waals surface area (Å²) in [6.07, 6.45) is 0.0791. The summed E-state index contributed by atoms with van der Waals surface area (Å²) in [6.45, 7) is 17.8. The molecule has 0 radical (unpaired) electrons. The molecule has 1 heterocycles. The topological polar surface area (TPSA) is 68.0 Å². The second-order valence-corrected chi connectivity index (χ2v) is 10.4. The van der Waals surface area contributed by atoms with Crippen LogP contribution in [0.2, 0.25) is 0 Å². The number of amidine groups is 1. The van der Waals surface area contributed by atoms with E-state index in [-0.39, 0.29) is 34.3 Å². The minimum atomic E-state index is -0.347. The van der Waals surface area contributed by atoms with Crippen LogP contribution in [0.15, 0.2) is 23.2 Å². The number of ether oxygens (including phenoxy) is 1. The standard InChI is InChI=1S/C22H35N3O3S/c1-14(2)12-24-20(16(5)28-22(6,7)8)13-29-21(24)23-19-10-9-17(25(26)27)11-18(19)15(3)4/h9-11,14-16,20H,12-13H2,1-8H3/t16-,20-/m1/s1. The Labute approximate surface area is 179 Å². The van der Waals surface area contributed by atoms with E-state index in [1.165, 1.54) is 0 Å². The van der Waals surface area contributed by atoms with Gasteiger partial charge >= 0.3 is 0 Å². The fourth-order valence-corrected chi connectivity index (χ4v) is 4.84. The van der Waals surface area contributed by atoms with Crippen LogP contribution >= 0.6 is 11.8 Å². The molecule has 0 spiro atoms. The van der Waals surface area contributed by atoms with Crippen LogP contribution in [0.5, 0.6) is 0 Å². The SMILES string of the molecule is CC(C)CN1C(=Nc2ccc([N+](=O)[O-])cc2C(C)C)SC[C@@H]1[C@@H](C)OC(C)(C)C. The van der Waals surface area contributed by atoms with Crippen LogP contribution in [0.3, 0.4) is 0 Å². The van der Waals surface area contributed by atoms with Gasteiger partial charge in [-0.2, -0.15) is 0 Å². The Morgan fingerprint density at radius 3 is 2.45 bits per heavy atom. The average Bonchev–Trinajstić information content (AvgIpc) is 2.95. The first-order valence-corrected chi connectivity index (χ1v) is 11.3. The quantitative estimate of drug-likeness (QED) is 0.400. The Kier molecular flexibility index (Phi) is 7.74. The summed E-state index contributed by atoms with van der Waals surface area (Å²) in [5, 5.41) is 12.2. The molecule has 0 saturated carbocycles. The first-order valence-electron chi connectivity index (χ1n) is 10.3. The number of nitrogens with zero attached hydrogens (tertiary/aromatic N) is 3. The molecule has 0 bridgehead atoms. The van der Waals surface area contributed by atoms with Gasteiger partial charge in [-0.05, 0) is 51.2 Å². The smallest absolute Gasteiger partial charge is 0.269 e. The Bertz CT molecular complexity index is 756. The molecule has 1 aliphatic rings. The van der Waals surface area contributed by atoms with Crippen molar-refractivity contribution in [3.63, 3.8) is 0 Å². The first kappa shape index (κ1) is 23.7. The van der Waals surface area contributed by atoms with Gasteiger partial charge in [0.05, 0.1) is 28.4 Å². The number of rotatable bonds is 7. The molecule has 29 heavy (non-hydrogen) atoms. The monoisotopic (exact) mass is 421 g/mol. The van der Waals surface area contributed by atoms with E-state index in [4.69, 9.17) is 9.73 Å². The maximum absolute atomic E-state index is 11.2. The predicted molar refractivity (Wildman–Crippen MR) is 122 cm³/mol. The van der Waals surface area contributed by atoms with Crippen molar-refractivity contribution in [1.82, 2.24) is 4.90 Å². The molecule has 162 valence electrons. The van der Waals surface area contributed by atoms with E-state index < -0.39 is 0 Å². The van der Waals surface area contributed by atoms with E-state index in [9.17, 15) is 10.1 Å². The van der Waals surface area contributed by atoms with Crippen molar-refractivity contribution in [3.8, 4) is 0 Å². The third-order valence-corrected chi connectivity index (χ3v) is 5.82. The number of aliphatic imine (C=N–C) groups is 1. The summed E-state index contributed by atoms with van der Waals surface area (Å²) >= 11 is 1.74. The second kappa shape index (κ2) is 9.47. The fraction of sp³-hybridized carbons (Fsp3) is 0.682. The number of non-ortho nitro benzene ring substituents is 1. The molecular formula is C22H35N3O3S. The highest BCUT2D eigenvalue weighted by atomic mass is 32.2. The lowest BCUT2D eigenvalue weighted by molar-refractivity contribution is -0.384. The van der Waals surface area contributed by atoms with Crippen LogP contribution in [-0.4, -0.2) is 45.0 Å². The summed E-state index contributed by atoms with van der Waals surface area (Å²) in [7, 11) is 0. The van der Waals surface area contributed by atoms with Gasteiger partial charge in [-0.1, -0.05) is 39.5 Å². The molecule has 1 aromatic carbocycles. The van der Waals surface area contributed by atoms with Gasteiger partial charge < -0.3 is 9.64 Å². The lowest BCUT2D eigenvalue weighted by atomic mass is 10.0. The fourth-order valence-electron chi connectivity index (χ4n) is 3.53. The van der Waals surface area contributed by atoms with E-state index in [0.717, 1.165) is 28.7 Å². The molecule has 0 aromatic heterocycles. The van der Waals surface area contributed by atoms with Gasteiger partial charge in [-0.25, -0.2) is 4.99 Å². The average molecular weight is 422 g/mol. The van der Waals surface area contributed by atoms with Crippen molar-refractivity contribution < 1.29 is 9.66 Å².